The van der Waals surface area contributed by atoms with Crippen molar-refractivity contribution < 1.29 is 14.2 Å². The van der Waals surface area contributed by atoms with Crippen molar-refractivity contribution in [1.82, 2.24) is 9.80 Å². The summed E-state index contributed by atoms with van der Waals surface area (Å²) in [5, 5.41) is 0. The fourth-order valence-corrected chi connectivity index (χ4v) is 5.23. The molecule has 2 aliphatic rings. The van der Waals surface area contributed by atoms with Crippen molar-refractivity contribution in [2.45, 2.75) is 65.0 Å². The van der Waals surface area contributed by atoms with Crippen LogP contribution in [0.2, 0.25) is 0 Å². The van der Waals surface area contributed by atoms with Crippen LogP contribution < -0.4 is 4.74 Å². The van der Waals surface area contributed by atoms with Crippen molar-refractivity contribution in [1.29, 1.82) is 0 Å². The monoisotopic (exact) mass is 452 g/mol. The molecule has 4 unspecified atom stereocenters. The quantitative estimate of drug-likeness (QED) is 0.576. The fourth-order valence-electron chi connectivity index (χ4n) is 5.23. The molecule has 4 rings (SSSR count). The molecule has 33 heavy (non-hydrogen) atoms. The molecule has 2 aliphatic heterocycles. The van der Waals surface area contributed by atoms with E-state index in [2.05, 4.69) is 86.0 Å². The van der Waals surface area contributed by atoms with E-state index in [0.29, 0.717) is 24.4 Å². The molecule has 180 valence electrons. The van der Waals surface area contributed by atoms with E-state index in [1.807, 2.05) is 0 Å². The molecule has 2 saturated heterocycles. The molecule has 5 heteroatoms. The Bertz CT molecular complexity index is 797. The predicted molar refractivity (Wildman–Crippen MR) is 133 cm³/mol. The molecule has 4 atom stereocenters. The van der Waals surface area contributed by atoms with Crippen molar-refractivity contribution in [3.63, 3.8) is 0 Å². The van der Waals surface area contributed by atoms with Crippen LogP contribution in [-0.2, 0) is 22.3 Å². The van der Waals surface area contributed by atoms with E-state index < -0.39 is 0 Å². The Balaban J connectivity index is 1.39. The lowest BCUT2D eigenvalue weighted by atomic mass is 10.1. The van der Waals surface area contributed by atoms with Crippen LogP contribution in [0.15, 0.2) is 48.5 Å². The average Bonchev–Trinajstić information content (AvgIpc) is 2.77. The maximum Gasteiger partial charge on any atom is 0.130 e. The first-order chi connectivity index (χ1) is 16.0. The van der Waals surface area contributed by atoms with E-state index in [-0.39, 0.29) is 0 Å². The largest absolute Gasteiger partial charge is 0.457 e. The molecule has 0 saturated carbocycles. The topological polar surface area (TPSA) is 34.2 Å². The maximum absolute atomic E-state index is 6.52. The van der Waals surface area contributed by atoms with Crippen LogP contribution in [0, 0.1) is 0 Å². The molecular formula is C28H40N2O3. The van der Waals surface area contributed by atoms with Gasteiger partial charge in [0.1, 0.15) is 11.5 Å². The number of nitrogens with zero attached hydrogens (tertiary/aromatic N) is 2. The van der Waals surface area contributed by atoms with Crippen LogP contribution in [0.1, 0.15) is 38.8 Å². The highest BCUT2D eigenvalue weighted by Gasteiger charge is 2.23. The smallest absolute Gasteiger partial charge is 0.130 e. The third-order valence-electron chi connectivity index (χ3n) is 6.55. The normalized spacial score (nSPS) is 26.9. The van der Waals surface area contributed by atoms with E-state index in [4.69, 9.17) is 14.2 Å². The second-order valence-electron chi connectivity index (χ2n) is 9.85. The van der Waals surface area contributed by atoms with Gasteiger partial charge in [-0.05, 0) is 63.8 Å². The lowest BCUT2D eigenvalue weighted by Crippen LogP contribution is -2.46. The first-order valence-electron chi connectivity index (χ1n) is 12.6. The molecule has 0 N–H and O–H groups in total. The van der Waals surface area contributed by atoms with Crippen molar-refractivity contribution >= 4 is 0 Å². The minimum Gasteiger partial charge on any atom is -0.457 e. The number of hydrogen-bond donors (Lipinski definition) is 0. The van der Waals surface area contributed by atoms with Gasteiger partial charge in [0, 0.05) is 39.3 Å². The molecular weight excluding hydrogens is 412 g/mol. The van der Waals surface area contributed by atoms with E-state index in [1.54, 1.807) is 0 Å². The van der Waals surface area contributed by atoms with Crippen molar-refractivity contribution in [2.24, 2.45) is 0 Å². The van der Waals surface area contributed by atoms with Gasteiger partial charge in [0.25, 0.3) is 0 Å². The molecule has 0 aliphatic carbocycles. The molecule has 0 amide bonds. The van der Waals surface area contributed by atoms with Gasteiger partial charge in [0.05, 0.1) is 24.4 Å². The van der Waals surface area contributed by atoms with Crippen LogP contribution in [0.3, 0.4) is 0 Å². The van der Waals surface area contributed by atoms with Gasteiger partial charge in [0.15, 0.2) is 0 Å². The van der Waals surface area contributed by atoms with Crippen LogP contribution in [-0.4, -0.2) is 73.5 Å². The summed E-state index contributed by atoms with van der Waals surface area (Å²) in [7, 11) is 0. The van der Waals surface area contributed by atoms with Crippen molar-refractivity contribution in [3.05, 3.63) is 59.7 Å². The number of hydrogen-bond acceptors (Lipinski definition) is 5. The van der Waals surface area contributed by atoms with Gasteiger partial charge in [-0.1, -0.05) is 36.4 Å². The molecule has 0 radical (unpaired) electrons. The molecule has 2 heterocycles. The molecule has 2 fully saturated rings. The summed E-state index contributed by atoms with van der Waals surface area (Å²) in [6.45, 7) is 14.7. The Morgan fingerprint density at radius 3 is 1.39 bits per heavy atom. The molecule has 0 bridgehead atoms. The highest BCUT2D eigenvalue weighted by molar-refractivity contribution is 5.41. The zero-order chi connectivity index (χ0) is 23.2. The summed E-state index contributed by atoms with van der Waals surface area (Å²) in [6, 6.07) is 16.9. The highest BCUT2D eigenvalue weighted by atomic mass is 16.5. The maximum atomic E-state index is 6.52. The van der Waals surface area contributed by atoms with Gasteiger partial charge < -0.3 is 14.2 Å². The number of para-hydroxylation sites is 2. The second kappa shape index (κ2) is 11.5. The van der Waals surface area contributed by atoms with E-state index in [1.165, 1.54) is 11.1 Å². The zero-order valence-electron chi connectivity index (χ0n) is 20.7. The van der Waals surface area contributed by atoms with Crippen LogP contribution >= 0.6 is 0 Å². The summed E-state index contributed by atoms with van der Waals surface area (Å²) in [4.78, 5) is 5.02. The standard InChI is InChI=1S/C28H40N2O3/c1-21-17-29(18-22(2)31-21)15-13-25-9-5-7-11-27(25)33-28-12-8-6-10-26(28)14-16-30-19-23(3)32-24(4)20-30/h5-12,21-24H,13-20H2,1-4H3. The zero-order valence-corrected chi connectivity index (χ0v) is 20.7. The van der Waals surface area contributed by atoms with Crippen LogP contribution in [0.5, 0.6) is 11.5 Å². The molecule has 5 nitrogen and oxygen atoms in total. The van der Waals surface area contributed by atoms with Gasteiger partial charge in [-0.3, -0.25) is 9.80 Å². The Labute approximate surface area is 199 Å². The Morgan fingerprint density at radius 1 is 0.636 bits per heavy atom. The first-order valence-corrected chi connectivity index (χ1v) is 12.6. The number of benzene rings is 2. The summed E-state index contributed by atoms with van der Waals surface area (Å²) < 4.78 is 18.3. The lowest BCUT2D eigenvalue weighted by Gasteiger charge is -2.35. The summed E-state index contributed by atoms with van der Waals surface area (Å²) >= 11 is 0. The molecule has 0 spiro atoms. The Morgan fingerprint density at radius 2 is 1.00 bits per heavy atom. The van der Waals surface area contributed by atoms with Crippen LogP contribution in [0.4, 0.5) is 0 Å². The van der Waals surface area contributed by atoms with Gasteiger partial charge in [-0.15, -0.1) is 0 Å². The van der Waals surface area contributed by atoms with Gasteiger partial charge >= 0.3 is 0 Å². The Kier molecular flexibility index (Phi) is 8.42. The third kappa shape index (κ3) is 7.03. The van der Waals surface area contributed by atoms with Gasteiger partial charge in [0.2, 0.25) is 0 Å². The number of ether oxygens (including phenoxy) is 3. The number of rotatable bonds is 8. The predicted octanol–water partition coefficient (Wildman–Crippen LogP) is 4.78. The average molecular weight is 453 g/mol. The summed E-state index contributed by atoms with van der Waals surface area (Å²) in [6.07, 6.45) is 3.13. The SMILES string of the molecule is CC1CN(CCc2ccccc2Oc2ccccc2CCN2CC(C)OC(C)C2)CC(C)O1. The minimum atomic E-state index is 0.296. The van der Waals surface area contributed by atoms with Crippen LogP contribution in [0.25, 0.3) is 0 Å². The second-order valence-corrected chi connectivity index (χ2v) is 9.85. The minimum absolute atomic E-state index is 0.296. The van der Waals surface area contributed by atoms with E-state index >= 15 is 0 Å². The van der Waals surface area contributed by atoms with Crippen molar-refractivity contribution in [2.75, 3.05) is 39.3 Å². The Hall–Kier alpha value is -1.92. The first kappa shape index (κ1) is 24.2. The highest BCUT2D eigenvalue weighted by Crippen LogP contribution is 2.29. The van der Waals surface area contributed by atoms with Gasteiger partial charge in [-0.2, -0.15) is 0 Å². The van der Waals surface area contributed by atoms with Crippen molar-refractivity contribution in [3.8, 4) is 11.5 Å². The summed E-state index contributed by atoms with van der Waals surface area (Å²) in [5.41, 5.74) is 2.52. The molecule has 0 aromatic heterocycles. The molecule has 2 aromatic carbocycles. The van der Waals surface area contributed by atoms with E-state index in [0.717, 1.165) is 63.6 Å². The fraction of sp³-hybridized carbons (Fsp3) is 0.571. The van der Waals surface area contributed by atoms with E-state index in [9.17, 15) is 0 Å². The number of morpholine rings is 2. The summed E-state index contributed by atoms with van der Waals surface area (Å²) in [5.74, 6) is 1.93. The third-order valence-corrected chi connectivity index (χ3v) is 6.55. The molecule has 2 aromatic rings. The van der Waals surface area contributed by atoms with Gasteiger partial charge in [-0.25, -0.2) is 0 Å². The lowest BCUT2D eigenvalue weighted by molar-refractivity contribution is -0.0677.